The van der Waals surface area contributed by atoms with Crippen molar-refractivity contribution in [2.24, 2.45) is 11.3 Å². The van der Waals surface area contributed by atoms with Crippen LogP contribution in [0.4, 0.5) is 0 Å². The second kappa shape index (κ2) is 8.25. The molecule has 1 aromatic rings. The van der Waals surface area contributed by atoms with E-state index >= 15 is 0 Å². The third kappa shape index (κ3) is 4.58. The third-order valence-electron chi connectivity index (χ3n) is 5.79. The molecule has 1 aromatic heterocycles. The first-order valence-electron chi connectivity index (χ1n) is 9.66. The van der Waals surface area contributed by atoms with Crippen LogP contribution in [0.5, 0.6) is 0 Å². The minimum Gasteiger partial charge on any atom is -0.472 e. The van der Waals surface area contributed by atoms with Gasteiger partial charge in [-0.1, -0.05) is 6.92 Å². The van der Waals surface area contributed by atoms with Crippen molar-refractivity contribution in [1.82, 2.24) is 10.2 Å². The highest BCUT2D eigenvalue weighted by molar-refractivity contribution is 5.93. The molecule has 27 heavy (non-hydrogen) atoms. The fraction of sp³-hybridized carbons (Fsp3) is 0.650. The number of nitrogens with one attached hydrogen (secondary N) is 1. The van der Waals surface area contributed by atoms with Crippen molar-refractivity contribution < 1.29 is 23.5 Å². The van der Waals surface area contributed by atoms with Crippen LogP contribution in [0.25, 0.3) is 0 Å². The lowest BCUT2D eigenvalue weighted by Gasteiger charge is -2.30. The van der Waals surface area contributed by atoms with Crippen LogP contribution in [-0.2, 0) is 14.3 Å². The first-order chi connectivity index (χ1) is 12.9. The van der Waals surface area contributed by atoms with Crippen molar-refractivity contribution in [1.29, 1.82) is 0 Å². The van der Waals surface area contributed by atoms with Gasteiger partial charge in [-0.25, -0.2) is 0 Å². The fourth-order valence-corrected chi connectivity index (χ4v) is 4.17. The average molecular weight is 376 g/mol. The lowest BCUT2D eigenvalue weighted by molar-refractivity contribution is -0.146. The summed E-state index contributed by atoms with van der Waals surface area (Å²) in [7, 11) is 0. The summed E-state index contributed by atoms with van der Waals surface area (Å²) in [5, 5.41) is 2.91. The van der Waals surface area contributed by atoms with Crippen LogP contribution < -0.4 is 5.32 Å². The van der Waals surface area contributed by atoms with Gasteiger partial charge in [-0.2, -0.15) is 0 Å². The zero-order valence-corrected chi connectivity index (χ0v) is 16.0. The van der Waals surface area contributed by atoms with Crippen molar-refractivity contribution in [3.05, 3.63) is 24.2 Å². The third-order valence-corrected chi connectivity index (χ3v) is 5.79. The first-order valence-corrected chi connectivity index (χ1v) is 9.66. The normalized spacial score (nSPS) is 27.7. The highest BCUT2D eigenvalue weighted by Gasteiger charge is 2.41. The fourth-order valence-electron chi connectivity index (χ4n) is 4.17. The Balaban J connectivity index is 1.49. The van der Waals surface area contributed by atoms with Crippen molar-refractivity contribution in [2.75, 3.05) is 19.7 Å². The summed E-state index contributed by atoms with van der Waals surface area (Å²) in [6.45, 7) is 5.32. The van der Waals surface area contributed by atoms with Crippen LogP contribution in [0.15, 0.2) is 23.0 Å². The van der Waals surface area contributed by atoms with Crippen LogP contribution in [0.2, 0.25) is 0 Å². The van der Waals surface area contributed by atoms with E-state index < -0.39 is 6.23 Å². The number of nitrogens with zero attached hydrogens (tertiary/aromatic N) is 1. The van der Waals surface area contributed by atoms with E-state index in [4.69, 9.17) is 9.15 Å². The van der Waals surface area contributed by atoms with Gasteiger partial charge in [0.25, 0.3) is 5.91 Å². The number of ether oxygens (including phenoxy) is 1. The van der Waals surface area contributed by atoms with Crippen LogP contribution in [0.3, 0.4) is 0 Å². The van der Waals surface area contributed by atoms with E-state index in [9.17, 15) is 14.4 Å². The van der Waals surface area contributed by atoms with E-state index in [0.717, 1.165) is 25.7 Å². The molecule has 0 unspecified atom stereocenters. The van der Waals surface area contributed by atoms with Crippen molar-refractivity contribution in [2.45, 2.75) is 52.2 Å². The molecule has 0 spiro atoms. The van der Waals surface area contributed by atoms with Gasteiger partial charge in [0, 0.05) is 19.0 Å². The Kier molecular flexibility index (Phi) is 5.99. The molecule has 1 saturated heterocycles. The maximum Gasteiger partial charge on any atom is 0.254 e. The number of furan rings is 1. The molecule has 2 amide bonds. The predicted molar refractivity (Wildman–Crippen MR) is 97.9 cm³/mol. The maximum absolute atomic E-state index is 12.9. The molecular formula is C20H28N2O5. The first kappa shape index (κ1) is 19.6. The smallest absolute Gasteiger partial charge is 0.254 e. The maximum atomic E-state index is 12.9. The molecule has 7 heteroatoms. The molecule has 3 atom stereocenters. The Morgan fingerprint density at radius 3 is 2.85 bits per heavy atom. The summed E-state index contributed by atoms with van der Waals surface area (Å²) in [5.74, 6) is -0.0451. The summed E-state index contributed by atoms with van der Waals surface area (Å²) in [6, 6.07) is 1.64. The molecule has 0 aromatic carbocycles. The van der Waals surface area contributed by atoms with Gasteiger partial charge in [0.15, 0.2) is 5.78 Å². The van der Waals surface area contributed by atoms with Crippen LogP contribution in [0, 0.1) is 11.3 Å². The molecule has 148 valence electrons. The Morgan fingerprint density at radius 2 is 2.22 bits per heavy atom. The Labute approximate surface area is 159 Å². The number of hydrogen-bond acceptors (Lipinski definition) is 5. The van der Waals surface area contributed by atoms with Gasteiger partial charge >= 0.3 is 0 Å². The quantitative estimate of drug-likeness (QED) is 0.789. The summed E-state index contributed by atoms with van der Waals surface area (Å²) in [4.78, 5) is 38.1. The number of Topliss-reactive ketones (excluding diaryl/α,β-unsaturated/α-hetero) is 1. The number of ketones is 1. The average Bonchev–Trinajstić information content (AvgIpc) is 3.37. The van der Waals surface area contributed by atoms with Gasteiger partial charge in [0.05, 0.1) is 18.2 Å². The summed E-state index contributed by atoms with van der Waals surface area (Å²) in [5.41, 5.74) is 0.541. The highest BCUT2D eigenvalue weighted by atomic mass is 16.5. The lowest BCUT2D eigenvalue weighted by Crippen LogP contribution is -2.43. The number of carbonyl (C=O) groups is 3. The van der Waals surface area contributed by atoms with Crippen LogP contribution >= 0.6 is 0 Å². The zero-order valence-electron chi connectivity index (χ0n) is 16.0. The monoisotopic (exact) mass is 376 g/mol. The number of rotatable bonds is 7. The molecule has 2 fully saturated rings. The number of hydrogen-bond donors (Lipinski definition) is 1. The lowest BCUT2D eigenvalue weighted by atomic mass is 9.84. The van der Waals surface area contributed by atoms with Gasteiger partial charge in [-0.3, -0.25) is 14.4 Å². The summed E-state index contributed by atoms with van der Waals surface area (Å²) >= 11 is 0. The van der Waals surface area contributed by atoms with Crippen LogP contribution in [-0.4, -0.2) is 48.4 Å². The van der Waals surface area contributed by atoms with Gasteiger partial charge in [-0.15, -0.1) is 0 Å². The molecule has 1 N–H and O–H groups in total. The van der Waals surface area contributed by atoms with E-state index in [1.807, 2.05) is 6.92 Å². The molecule has 3 rings (SSSR count). The zero-order chi connectivity index (χ0) is 19.4. The second-order valence-electron chi connectivity index (χ2n) is 7.90. The molecule has 0 radical (unpaired) electrons. The van der Waals surface area contributed by atoms with E-state index in [1.165, 1.54) is 12.5 Å². The summed E-state index contributed by atoms with van der Waals surface area (Å²) in [6.07, 6.45) is 6.20. The Morgan fingerprint density at radius 1 is 1.41 bits per heavy atom. The van der Waals surface area contributed by atoms with Crippen molar-refractivity contribution >= 4 is 17.6 Å². The standard InChI is InChI=1S/C20H28N2O5/c1-3-22(17-10-16(23)13-27-17)19(25)14-4-6-20(2,11-14)7-8-21-18(24)15-5-9-26-12-15/h5,9,12,14,17H,3-4,6-8,10-11,13H2,1-2H3,(H,21,24)/t14-,17-,20+/m0/s1. The highest BCUT2D eigenvalue weighted by Crippen LogP contribution is 2.44. The van der Waals surface area contributed by atoms with Gasteiger partial charge in [0.2, 0.25) is 5.91 Å². The SMILES string of the molecule is CCN(C(=O)[C@H]1CC[C@](C)(CCNC(=O)c2ccoc2)C1)[C@@H]1CC(=O)CO1. The van der Waals surface area contributed by atoms with E-state index in [0.29, 0.717) is 25.1 Å². The predicted octanol–water partition coefficient (Wildman–Crippen LogP) is 2.37. The second-order valence-corrected chi connectivity index (χ2v) is 7.90. The molecule has 2 aliphatic rings. The van der Waals surface area contributed by atoms with E-state index in [-0.39, 0.29) is 35.5 Å². The van der Waals surface area contributed by atoms with E-state index in [1.54, 1.807) is 11.0 Å². The molecule has 2 heterocycles. The van der Waals surface area contributed by atoms with Gasteiger partial charge < -0.3 is 19.4 Å². The Bertz CT molecular complexity index is 687. The topological polar surface area (TPSA) is 88.9 Å². The molecule has 1 saturated carbocycles. The van der Waals surface area contributed by atoms with Gasteiger partial charge in [0.1, 0.15) is 19.1 Å². The Hall–Kier alpha value is -2.15. The summed E-state index contributed by atoms with van der Waals surface area (Å²) < 4.78 is 10.4. The van der Waals surface area contributed by atoms with Crippen molar-refractivity contribution in [3.8, 4) is 0 Å². The molecular weight excluding hydrogens is 348 g/mol. The van der Waals surface area contributed by atoms with Gasteiger partial charge in [-0.05, 0) is 44.1 Å². The molecule has 1 aliphatic carbocycles. The van der Waals surface area contributed by atoms with Crippen LogP contribution in [0.1, 0.15) is 56.3 Å². The van der Waals surface area contributed by atoms with Crippen molar-refractivity contribution in [3.63, 3.8) is 0 Å². The molecule has 1 aliphatic heterocycles. The molecule has 0 bridgehead atoms. The largest absolute Gasteiger partial charge is 0.472 e. The minimum atomic E-state index is -0.406. The number of carbonyl (C=O) groups excluding carboxylic acids is 3. The minimum absolute atomic E-state index is 0.0236. The van der Waals surface area contributed by atoms with E-state index in [2.05, 4.69) is 12.2 Å². The number of amides is 2. The molecule has 7 nitrogen and oxygen atoms in total.